The number of hydrogen-bond donors (Lipinski definition) is 2. The summed E-state index contributed by atoms with van der Waals surface area (Å²) in [7, 11) is -3.34. The largest absolute Gasteiger partial charge is 0.506 e. The van der Waals surface area contributed by atoms with Gasteiger partial charge in [-0.1, -0.05) is 0 Å². The Morgan fingerprint density at radius 2 is 1.90 bits per heavy atom. The van der Waals surface area contributed by atoms with E-state index >= 15 is 0 Å². The average Bonchev–Trinajstić information content (AvgIpc) is 3.03. The molecular weight excluding hydrogens is 390 g/mol. The quantitative estimate of drug-likeness (QED) is 0.703. The molecule has 0 spiro atoms. The van der Waals surface area contributed by atoms with Crippen molar-refractivity contribution < 1.29 is 18.3 Å². The second-order valence-electron chi connectivity index (χ2n) is 7.32. The van der Waals surface area contributed by atoms with E-state index in [1.165, 1.54) is 22.5 Å². The van der Waals surface area contributed by atoms with E-state index in [0.717, 1.165) is 12.2 Å². The standard InChI is InChI=1S/C21H27N3O4S/c1-4-23(15(2)3)17-8-6-16(7-9-17)21(26)22-19-14-18(10-11-20(19)25)24-12-5-13-29(24,27)28/h6-11,14-15,25H,4-5,12-13H2,1-3H3,(H,22,26). The molecule has 0 bridgehead atoms. The minimum atomic E-state index is -3.34. The van der Waals surface area contributed by atoms with Crippen molar-refractivity contribution in [3.63, 3.8) is 0 Å². The highest BCUT2D eigenvalue weighted by atomic mass is 32.2. The molecule has 1 saturated heterocycles. The number of hydrogen-bond acceptors (Lipinski definition) is 5. The van der Waals surface area contributed by atoms with E-state index in [2.05, 4.69) is 31.0 Å². The molecule has 29 heavy (non-hydrogen) atoms. The molecule has 1 aliphatic rings. The molecule has 0 aromatic heterocycles. The molecule has 1 heterocycles. The normalized spacial score (nSPS) is 15.5. The third-order valence-electron chi connectivity index (χ3n) is 5.04. The maximum Gasteiger partial charge on any atom is 0.255 e. The topological polar surface area (TPSA) is 90.0 Å². The number of benzene rings is 2. The number of aromatic hydroxyl groups is 1. The Labute approximate surface area is 172 Å². The highest BCUT2D eigenvalue weighted by Crippen LogP contribution is 2.32. The summed E-state index contributed by atoms with van der Waals surface area (Å²) in [5.41, 5.74) is 2.09. The molecule has 2 aromatic rings. The maximum atomic E-state index is 12.6. The van der Waals surface area contributed by atoms with Crippen LogP contribution in [-0.4, -0.2) is 44.3 Å². The first-order valence-electron chi connectivity index (χ1n) is 9.74. The van der Waals surface area contributed by atoms with Gasteiger partial charge in [0.05, 0.1) is 17.1 Å². The molecule has 0 aliphatic carbocycles. The van der Waals surface area contributed by atoms with Crippen LogP contribution in [0.2, 0.25) is 0 Å². The Kier molecular flexibility index (Phi) is 6.02. The van der Waals surface area contributed by atoms with E-state index in [1.54, 1.807) is 12.1 Å². The van der Waals surface area contributed by atoms with Crippen molar-refractivity contribution in [1.82, 2.24) is 0 Å². The van der Waals surface area contributed by atoms with Crippen LogP contribution in [0.25, 0.3) is 0 Å². The predicted octanol–water partition coefficient (Wildman–Crippen LogP) is 3.42. The summed E-state index contributed by atoms with van der Waals surface area (Å²) in [5.74, 6) is -0.388. The van der Waals surface area contributed by atoms with Gasteiger partial charge in [0, 0.05) is 30.4 Å². The summed E-state index contributed by atoms with van der Waals surface area (Å²) >= 11 is 0. The zero-order chi connectivity index (χ0) is 21.2. The van der Waals surface area contributed by atoms with E-state index in [-0.39, 0.29) is 23.1 Å². The average molecular weight is 418 g/mol. The van der Waals surface area contributed by atoms with Gasteiger partial charge in [-0.2, -0.15) is 0 Å². The fourth-order valence-corrected chi connectivity index (χ4v) is 5.11. The first-order chi connectivity index (χ1) is 13.7. The van der Waals surface area contributed by atoms with E-state index in [4.69, 9.17) is 0 Å². The zero-order valence-corrected chi connectivity index (χ0v) is 17.7. The van der Waals surface area contributed by atoms with Crippen LogP contribution >= 0.6 is 0 Å². The smallest absolute Gasteiger partial charge is 0.255 e. The number of sulfonamides is 1. The molecule has 1 fully saturated rings. The van der Waals surface area contributed by atoms with E-state index in [9.17, 15) is 18.3 Å². The van der Waals surface area contributed by atoms with Gasteiger partial charge in [0.25, 0.3) is 5.91 Å². The van der Waals surface area contributed by atoms with Crippen LogP contribution in [-0.2, 0) is 10.0 Å². The Morgan fingerprint density at radius 1 is 1.21 bits per heavy atom. The summed E-state index contributed by atoms with van der Waals surface area (Å²) in [5, 5.41) is 12.8. The lowest BCUT2D eigenvalue weighted by Crippen LogP contribution is -2.30. The molecule has 0 unspecified atom stereocenters. The van der Waals surface area contributed by atoms with Crippen molar-refractivity contribution in [2.75, 3.05) is 33.4 Å². The number of carbonyl (C=O) groups is 1. The highest BCUT2D eigenvalue weighted by Gasteiger charge is 2.29. The highest BCUT2D eigenvalue weighted by molar-refractivity contribution is 7.93. The van der Waals surface area contributed by atoms with E-state index in [1.807, 2.05) is 12.1 Å². The van der Waals surface area contributed by atoms with Crippen molar-refractivity contribution in [3.05, 3.63) is 48.0 Å². The first-order valence-corrected chi connectivity index (χ1v) is 11.4. The van der Waals surface area contributed by atoms with Gasteiger partial charge in [-0.15, -0.1) is 0 Å². The zero-order valence-electron chi connectivity index (χ0n) is 16.9. The van der Waals surface area contributed by atoms with Gasteiger partial charge in [-0.3, -0.25) is 9.10 Å². The number of carbonyl (C=O) groups excluding carboxylic acids is 1. The second kappa shape index (κ2) is 8.32. The minimum absolute atomic E-state index is 0.104. The minimum Gasteiger partial charge on any atom is -0.506 e. The fourth-order valence-electron chi connectivity index (χ4n) is 3.55. The van der Waals surface area contributed by atoms with Crippen LogP contribution in [0.3, 0.4) is 0 Å². The van der Waals surface area contributed by atoms with Gasteiger partial charge < -0.3 is 15.3 Å². The lowest BCUT2D eigenvalue weighted by atomic mass is 10.1. The Balaban J connectivity index is 1.79. The molecule has 7 nitrogen and oxygen atoms in total. The molecular formula is C21H27N3O4S. The number of amides is 1. The number of phenolic OH excluding ortho intramolecular Hbond substituents is 1. The molecule has 3 rings (SSSR count). The van der Waals surface area contributed by atoms with Crippen LogP contribution < -0.4 is 14.5 Å². The van der Waals surface area contributed by atoms with Crippen LogP contribution in [0.15, 0.2) is 42.5 Å². The van der Waals surface area contributed by atoms with Crippen LogP contribution in [0.5, 0.6) is 5.75 Å². The number of anilines is 3. The van der Waals surface area contributed by atoms with Gasteiger partial charge >= 0.3 is 0 Å². The summed E-state index contributed by atoms with van der Waals surface area (Å²) in [6.45, 7) is 7.56. The Bertz CT molecular complexity index is 987. The van der Waals surface area contributed by atoms with E-state index < -0.39 is 10.0 Å². The maximum absolute atomic E-state index is 12.6. The molecule has 2 aromatic carbocycles. The molecule has 1 amide bonds. The fraction of sp³-hybridized carbons (Fsp3) is 0.381. The lowest BCUT2D eigenvalue weighted by Gasteiger charge is -2.27. The van der Waals surface area contributed by atoms with Gasteiger partial charge in [-0.05, 0) is 69.7 Å². The number of nitrogens with one attached hydrogen (secondary N) is 1. The number of phenols is 1. The molecule has 1 aliphatic heterocycles. The SMILES string of the molecule is CCN(c1ccc(C(=O)Nc2cc(N3CCCS3(=O)=O)ccc2O)cc1)C(C)C. The third kappa shape index (κ3) is 4.48. The van der Waals surface area contributed by atoms with Crippen LogP contribution in [0, 0.1) is 0 Å². The third-order valence-corrected chi connectivity index (χ3v) is 6.91. The summed E-state index contributed by atoms with van der Waals surface area (Å²) in [6, 6.07) is 12.0. The first kappa shape index (κ1) is 21.0. The molecule has 156 valence electrons. The van der Waals surface area contributed by atoms with Crippen LogP contribution in [0.1, 0.15) is 37.6 Å². The molecule has 0 radical (unpaired) electrons. The Hall–Kier alpha value is -2.74. The second-order valence-corrected chi connectivity index (χ2v) is 9.34. The summed E-state index contributed by atoms with van der Waals surface area (Å²) in [4.78, 5) is 14.9. The lowest BCUT2D eigenvalue weighted by molar-refractivity contribution is 0.102. The molecule has 0 saturated carbocycles. The van der Waals surface area contributed by atoms with Crippen molar-refractivity contribution in [2.45, 2.75) is 33.2 Å². The van der Waals surface area contributed by atoms with Crippen molar-refractivity contribution in [1.29, 1.82) is 0 Å². The summed E-state index contributed by atoms with van der Waals surface area (Å²) < 4.78 is 25.6. The number of nitrogens with zero attached hydrogens (tertiary/aromatic N) is 2. The van der Waals surface area contributed by atoms with Gasteiger partial charge in [-0.25, -0.2) is 8.42 Å². The monoisotopic (exact) mass is 417 g/mol. The Morgan fingerprint density at radius 3 is 2.45 bits per heavy atom. The van der Waals surface area contributed by atoms with Crippen LogP contribution in [0.4, 0.5) is 17.1 Å². The van der Waals surface area contributed by atoms with Crippen molar-refractivity contribution in [3.8, 4) is 5.75 Å². The molecule has 2 N–H and O–H groups in total. The van der Waals surface area contributed by atoms with E-state index in [0.29, 0.717) is 30.3 Å². The van der Waals surface area contributed by atoms with Crippen molar-refractivity contribution in [2.24, 2.45) is 0 Å². The number of rotatable bonds is 6. The molecule has 0 atom stereocenters. The van der Waals surface area contributed by atoms with Crippen molar-refractivity contribution >= 4 is 33.0 Å². The van der Waals surface area contributed by atoms with Gasteiger partial charge in [0.15, 0.2) is 0 Å². The summed E-state index contributed by atoms with van der Waals surface area (Å²) in [6.07, 6.45) is 0.558. The predicted molar refractivity (Wildman–Crippen MR) is 116 cm³/mol. The van der Waals surface area contributed by atoms with Gasteiger partial charge in [0.2, 0.25) is 10.0 Å². The molecule has 8 heteroatoms. The van der Waals surface area contributed by atoms with Gasteiger partial charge in [0.1, 0.15) is 5.75 Å².